The van der Waals surface area contributed by atoms with Crippen LogP contribution in [-0.4, -0.2) is 21.0 Å². The molecule has 86 valence electrons. The van der Waals surface area contributed by atoms with Gasteiger partial charge < -0.3 is 15.2 Å². The number of alkyl halides is 2. The number of carboxylic acids is 1. The van der Waals surface area contributed by atoms with Gasteiger partial charge in [-0.1, -0.05) is 11.6 Å². The van der Waals surface area contributed by atoms with Gasteiger partial charge in [0, 0.05) is 0 Å². The van der Waals surface area contributed by atoms with Crippen molar-refractivity contribution in [2.24, 2.45) is 0 Å². The Hall–Kier alpha value is -1.83. The van der Waals surface area contributed by atoms with Crippen LogP contribution in [-0.2, 0) is 0 Å². The van der Waals surface area contributed by atoms with Crippen LogP contribution in [0.25, 0.3) is 0 Å². The second-order valence-corrected chi connectivity index (χ2v) is 2.99. The molecule has 1 N–H and O–H groups in total. The Balaban J connectivity index is 3.63. The molecular weight excluding hydrogens is 250 g/mol. The standard InChI is InChI=1S/C7H3ClF2N2O4/c8-2-1-11-6(12(15)16)4(5(9)10)3(2)7(13)14/h1,5H,(H,13,14). The molecule has 0 fully saturated rings. The molecule has 0 saturated carbocycles. The third-order valence-electron chi connectivity index (χ3n) is 1.65. The minimum Gasteiger partial charge on any atom is -0.478 e. The number of aromatic nitrogens is 1. The maximum absolute atomic E-state index is 12.5. The minimum atomic E-state index is -3.35. The summed E-state index contributed by atoms with van der Waals surface area (Å²) in [5.41, 5.74) is -2.29. The fraction of sp³-hybridized carbons (Fsp3) is 0.143. The summed E-state index contributed by atoms with van der Waals surface area (Å²) in [4.78, 5) is 22.9. The summed E-state index contributed by atoms with van der Waals surface area (Å²) in [6, 6.07) is 0. The van der Waals surface area contributed by atoms with Crippen molar-refractivity contribution in [2.45, 2.75) is 6.43 Å². The van der Waals surface area contributed by atoms with E-state index < -0.39 is 39.3 Å². The first-order valence-electron chi connectivity index (χ1n) is 3.70. The number of rotatable bonds is 3. The molecule has 0 aromatic carbocycles. The van der Waals surface area contributed by atoms with E-state index in [4.69, 9.17) is 16.7 Å². The lowest BCUT2D eigenvalue weighted by Crippen LogP contribution is -2.09. The molecule has 1 aromatic rings. The van der Waals surface area contributed by atoms with Gasteiger partial charge in [0.2, 0.25) is 0 Å². The first kappa shape index (κ1) is 12.2. The Morgan fingerprint density at radius 2 is 2.19 bits per heavy atom. The Morgan fingerprint density at radius 3 is 2.56 bits per heavy atom. The van der Waals surface area contributed by atoms with E-state index in [0.29, 0.717) is 6.20 Å². The van der Waals surface area contributed by atoms with Crippen LogP contribution in [0.1, 0.15) is 22.3 Å². The number of pyridine rings is 1. The molecule has 0 atom stereocenters. The molecular formula is C7H3ClF2N2O4. The number of hydrogen-bond donors (Lipinski definition) is 1. The van der Waals surface area contributed by atoms with Gasteiger partial charge in [0.1, 0.15) is 5.56 Å². The van der Waals surface area contributed by atoms with Gasteiger partial charge in [-0.15, -0.1) is 0 Å². The van der Waals surface area contributed by atoms with Crippen molar-refractivity contribution in [2.75, 3.05) is 0 Å². The fourth-order valence-electron chi connectivity index (χ4n) is 1.06. The molecule has 1 heterocycles. The average Bonchev–Trinajstić information content (AvgIpc) is 2.15. The molecule has 0 saturated heterocycles. The van der Waals surface area contributed by atoms with E-state index in [1.165, 1.54) is 0 Å². The van der Waals surface area contributed by atoms with Crippen LogP contribution >= 0.6 is 11.6 Å². The zero-order chi connectivity index (χ0) is 12.5. The van der Waals surface area contributed by atoms with Crippen molar-refractivity contribution in [3.8, 4) is 0 Å². The molecule has 1 aromatic heterocycles. The van der Waals surface area contributed by atoms with Gasteiger partial charge >= 0.3 is 11.8 Å². The largest absolute Gasteiger partial charge is 0.478 e. The quantitative estimate of drug-likeness (QED) is 0.658. The molecule has 9 heteroatoms. The van der Waals surface area contributed by atoms with Crippen molar-refractivity contribution < 1.29 is 23.6 Å². The zero-order valence-electron chi connectivity index (χ0n) is 7.35. The monoisotopic (exact) mass is 252 g/mol. The van der Waals surface area contributed by atoms with Crippen LogP contribution in [0.2, 0.25) is 5.02 Å². The number of aromatic carboxylic acids is 1. The highest BCUT2D eigenvalue weighted by Crippen LogP contribution is 2.33. The molecule has 0 aliphatic carbocycles. The fourth-order valence-corrected chi connectivity index (χ4v) is 1.29. The number of nitrogens with zero attached hydrogens (tertiary/aromatic N) is 2. The molecule has 0 unspecified atom stereocenters. The van der Waals surface area contributed by atoms with Crippen LogP contribution in [0, 0.1) is 10.1 Å². The molecule has 6 nitrogen and oxygen atoms in total. The van der Waals surface area contributed by atoms with E-state index in [-0.39, 0.29) is 0 Å². The summed E-state index contributed by atoms with van der Waals surface area (Å²) >= 11 is 5.35. The smallest absolute Gasteiger partial charge is 0.373 e. The molecule has 16 heavy (non-hydrogen) atoms. The Kier molecular flexibility index (Phi) is 3.33. The normalized spacial score (nSPS) is 10.5. The molecule has 0 aliphatic heterocycles. The van der Waals surface area contributed by atoms with Crippen LogP contribution in [0.15, 0.2) is 6.20 Å². The SMILES string of the molecule is O=C(O)c1c(Cl)cnc([N+](=O)[O-])c1C(F)F. The van der Waals surface area contributed by atoms with Crippen LogP contribution in [0.5, 0.6) is 0 Å². The predicted octanol–water partition coefficient (Wildman–Crippen LogP) is 2.28. The maximum atomic E-state index is 12.5. The second kappa shape index (κ2) is 4.35. The summed E-state index contributed by atoms with van der Waals surface area (Å²) in [5.74, 6) is -2.98. The lowest BCUT2D eigenvalue weighted by atomic mass is 10.1. The summed E-state index contributed by atoms with van der Waals surface area (Å²) in [6.45, 7) is 0. The topological polar surface area (TPSA) is 93.3 Å². The van der Waals surface area contributed by atoms with Crippen LogP contribution in [0.3, 0.4) is 0 Å². The highest BCUT2D eigenvalue weighted by Gasteiger charge is 2.32. The summed E-state index contributed by atoms with van der Waals surface area (Å²) in [5, 5.41) is 18.4. The van der Waals surface area contributed by atoms with Gasteiger partial charge in [0.05, 0.1) is 10.6 Å². The third-order valence-corrected chi connectivity index (χ3v) is 1.94. The van der Waals surface area contributed by atoms with Gasteiger partial charge in [-0.3, -0.25) is 0 Å². The van der Waals surface area contributed by atoms with E-state index in [2.05, 4.69) is 4.98 Å². The first-order valence-corrected chi connectivity index (χ1v) is 4.08. The number of carboxylic acid groups (broad SMARTS) is 1. The van der Waals surface area contributed by atoms with Gasteiger partial charge in [0.25, 0.3) is 6.43 Å². The van der Waals surface area contributed by atoms with Gasteiger partial charge in [-0.05, 0) is 9.91 Å². The van der Waals surface area contributed by atoms with E-state index >= 15 is 0 Å². The number of hydrogen-bond acceptors (Lipinski definition) is 4. The van der Waals surface area contributed by atoms with Crippen molar-refractivity contribution in [1.29, 1.82) is 0 Å². The molecule has 0 bridgehead atoms. The lowest BCUT2D eigenvalue weighted by molar-refractivity contribution is -0.391. The minimum absolute atomic E-state index is 0.576. The molecule has 0 spiro atoms. The second-order valence-electron chi connectivity index (χ2n) is 2.58. The van der Waals surface area contributed by atoms with Crippen molar-refractivity contribution >= 4 is 23.4 Å². The van der Waals surface area contributed by atoms with Crippen LogP contribution in [0.4, 0.5) is 14.6 Å². The highest BCUT2D eigenvalue weighted by atomic mass is 35.5. The first-order chi connectivity index (χ1) is 7.36. The zero-order valence-corrected chi connectivity index (χ0v) is 8.11. The van der Waals surface area contributed by atoms with Crippen LogP contribution < -0.4 is 0 Å². The lowest BCUT2D eigenvalue weighted by Gasteiger charge is -2.05. The summed E-state index contributed by atoms with van der Waals surface area (Å²) in [6.07, 6.45) is -2.70. The Bertz CT molecular complexity index is 466. The summed E-state index contributed by atoms with van der Waals surface area (Å²) < 4.78 is 25.0. The molecule has 1 rings (SSSR count). The molecule has 0 radical (unpaired) electrons. The average molecular weight is 253 g/mol. The van der Waals surface area contributed by atoms with E-state index in [9.17, 15) is 23.7 Å². The van der Waals surface area contributed by atoms with Gasteiger partial charge in [-0.25, -0.2) is 13.6 Å². The Morgan fingerprint density at radius 1 is 1.62 bits per heavy atom. The Labute approximate surface area is 91.6 Å². The third kappa shape index (κ3) is 2.06. The number of nitro groups is 1. The van der Waals surface area contributed by atoms with Crippen molar-refractivity contribution in [1.82, 2.24) is 4.98 Å². The number of halogens is 3. The van der Waals surface area contributed by atoms with Gasteiger partial charge in [-0.2, -0.15) is 0 Å². The molecule has 0 aliphatic rings. The van der Waals surface area contributed by atoms with Crippen molar-refractivity contribution in [3.05, 3.63) is 32.5 Å². The van der Waals surface area contributed by atoms with E-state index in [1.54, 1.807) is 0 Å². The van der Waals surface area contributed by atoms with Crippen molar-refractivity contribution in [3.63, 3.8) is 0 Å². The highest BCUT2D eigenvalue weighted by molar-refractivity contribution is 6.33. The maximum Gasteiger partial charge on any atom is 0.373 e. The van der Waals surface area contributed by atoms with Gasteiger partial charge in [0.15, 0.2) is 6.20 Å². The summed E-state index contributed by atoms with van der Waals surface area (Å²) in [7, 11) is 0. The predicted molar refractivity (Wildman–Crippen MR) is 47.8 cm³/mol. The number of carbonyl (C=O) groups is 1. The molecule has 0 amide bonds. The van der Waals surface area contributed by atoms with E-state index in [0.717, 1.165) is 0 Å². The van der Waals surface area contributed by atoms with E-state index in [1.807, 2.05) is 0 Å².